The van der Waals surface area contributed by atoms with Crippen LogP contribution >= 0.6 is 0 Å². The highest BCUT2D eigenvalue weighted by Gasteiger charge is 2.40. The van der Waals surface area contributed by atoms with Crippen LogP contribution in [0.3, 0.4) is 0 Å². The number of nitrogens with zero attached hydrogens (tertiary/aromatic N) is 1. The standard InChI is InChI=1S/C11H20N2O4/c1-11(2,3)17-10(15)13-6-7(12)5-8(13)9(14)16-4/h7-8H,5-6,12H2,1-4H3/t7-,8?/m1/s1. The van der Waals surface area contributed by atoms with Crippen LogP contribution in [0.25, 0.3) is 0 Å². The second-order valence-corrected chi connectivity index (χ2v) is 5.17. The van der Waals surface area contributed by atoms with Crippen molar-refractivity contribution >= 4 is 12.1 Å². The first-order valence-corrected chi connectivity index (χ1v) is 5.57. The third-order valence-corrected chi connectivity index (χ3v) is 2.43. The minimum Gasteiger partial charge on any atom is -0.467 e. The number of carbonyl (C=O) groups excluding carboxylic acids is 2. The van der Waals surface area contributed by atoms with E-state index in [4.69, 9.17) is 10.5 Å². The number of amides is 1. The number of esters is 1. The Morgan fingerprint density at radius 2 is 1.94 bits per heavy atom. The molecule has 6 nitrogen and oxygen atoms in total. The minimum atomic E-state index is -0.634. The fourth-order valence-electron chi connectivity index (χ4n) is 1.75. The van der Waals surface area contributed by atoms with Gasteiger partial charge in [-0.1, -0.05) is 0 Å². The van der Waals surface area contributed by atoms with E-state index in [0.717, 1.165) is 0 Å². The molecular weight excluding hydrogens is 224 g/mol. The summed E-state index contributed by atoms with van der Waals surface area (Å²) in [5.41, 5.74) is 5.16. The number of hydrogen-bond acceptors (Lipinski definition) is 5. The van der Waals surface area contributed by atoms with Gasteiger partial charge in [0.1, 0.15) is 11.6 Å². The lowest BCUT2D eigenvalue weighted by atomic mass is 10.2. The zero-order valence-corrected chi connectivity index (χ0v) is 10.7. The van der Waals surface area contributed by atoms with Crippen LogP contribution in [-0.4, -0.2) is 48.3 Å². The molecule has 0 radical (unpaired) electrons. The lowest BCUT2D eigenvalue weighted by molar-refractivity contribution is -0.145. The molecule has 6 heteroatoms. The summed E-state index contributed by atoms with van der Waals surface area (Å²) in [6.07, 6.45) is -0.118. The van der Waals surface area contributed by atoms with Crippen molar-refractivity contribution < 1.29 is 19.1 Å². The fraction of sp³-hybridized carbons (Fsp3) is 0.818. The molecule has 17 heavy (non-hydrogen) atoms. The summed E-state index contributed by atoms with van der Waals surface area (Å²) in [6, 6.07) is -0.850. The van der Waals surface area contributed by atoms with Gasteiger partial charge in [-0.15, -0.1) is 0 Å². The predicted molar refractivity (Wildman–Crippen MR) is 61.3 cm³/mol. The average molecular weight is 244 g/mol. The molecule has 1 rings (SSSR count). The summed E-state index contributed by atoms with van der Waals surface area (Å²) < 4.78 is 9.87. The first-order chi connectivity index (χ1) is 7.74. The maximum absolute atomic E-state index is 11.9. The van der Waals surface area contributed by atoms with Crippen LogP contribution < -0.4 is 5.73 Å². The summed E-state index contributed by atoms with van der Waals surface area (Å²) in [6.45, 7) is 5.63. The van der Waals surface area contributed by atoms with Crippen molar-refractivity contribution in [3.8, 4) is 0 Å². The van der Waals surface area contributed by atoms with Gasteiger partial charge in [0.05, 0.1) is 7.11 Å². The van der Waals surface area contributed by atoms with E-state index in [1.54, 1.807) is 20.8 Å². The van der Waals surface area contributed by atoms with Gasteiger partial charge in [-0.25, -0.2) is 9.59 Å². The van der Waals surface area contributed by atoms with Gasteiger partial charge in [-0.3, -0.25) is 4.90 Å². The zero-order valence-electron chi connectivity index (χ0n) is 10.7. The molecule has 1 aliphatic rings. The summed E-state index contributed by atoms with van der Waals surface area (Å²) in [5.74, 6) is -0.455. The number of likely N-dealkylation sites (tertiary alicyclic amines) is 1. The Hall–Kier alpha value is -1.30. The molecule has 1 unspecified atom stereocenters. The molecule has 1 amide bonds. The van der Waals surface area contributed by atoms with Crippen LogP contribution in [0, 0.1) is 0 Å². The van der Waals surface area contributed by atoms with E-state index in [1.165, 1.54) is 12.0 Å². The highest BCUT2D eigenvalue weighted by Crippen LogP contribution is 2.21. The molecule has 0 aromatic carbocycles. The Morgan fingerprint density at radius 1 is 1.35 bits per heavy atom. The summed E-state index contributed by atoms with van der Waals surface area (Å²) in [5, 5.41) is 0. The molecule has 1 saturated heterocycles. The molecule has 0 saturated carbocycles. The van der Waals surface area contributed by atoms with Gasteiger partial charge in [-0.2, -0.15) is 0 Å². The highest BCUT2D eigenvalue weighted by molar-refractivity contribution is 5.82. The third kappa shape index (κ3) is 3.59. The van der Waals surface area contributed by atoms with Crippen LogP contribution in [0.1, 0.15) is 27.2 Å². The maximum Gasteiger partial charge on any atom is 0.411 e. The van der Waals surface area contributed by atoms with Gasteiger partial charge in [0.2, 0.25) is 0 Å². The smallest absolute Gasteiger partial charge is 0.411 e. The Balaban J connectivity index is 2.73. The number of hydrogen-bond donors (Lipinski definition) is 1. The molecule has 0 aliphatic carbocycles. The summed E-state index contributed by atoms with van der Waals surface area (Å²) in [7, 11) is 1.29. The first kappa shape index (κ1) is 13.8. The van der Waals surface area contributed by atoms with Gasteiger partial charge in [0, 0.05) is 12.6 Å². The highest BCUT2D eigenvalue weighted by atomic mass is 16.6. The number of methoxy groups -OCH3 is 1. The first-order valence-electron chi connectivity index (χ1n) is 5.57. The molecule has 2 atom stereocenters. The van der Waals surface area contributed by atoms with Gasteiger partial charge in [0.15, 0.2) is 0 Å². The van der Waals surface area contributed by atoms with Crippen molar-refractivity contribution in [2.24, 2.45) is 5.73 Å². The minimum absolute atomic E-state index is 0.216. The number of carbonyl (C=O) groups is 2. The Labute approximate surface area is 101 Å². The molecule has 2 N–H and O–H groups in total. The predicted octanol–water partition coefficient (Wildman–Crippen LogP) is 0.496. The number of ether oxygens (including phenoxy) is 2. The molecule has 0 aromatic rings. The van der Waals surface area contributed by atoms with Crippen molar-refractivity contribution in [2.75, 3.05) is 13.7 Å². The number of nitrogens with two attached hydrogens (primary N) is 1. The maximum atomic E-state index is 11.9. The molecule has 1 fully saturated rings. The van der Waals surface area contributed by atoms with Crippen LogP contribution in [0.5, 0.6) is 0 Å². The van der Waals surface area contributed by atoms with Crippen LogP contribution in [-0.2, 0) is 14.3 Å². The molecular formula is C11H20N2O4. The van der Waals surface area contributed by atoms with Gasteiger partial charge in [0.25, 0.3) is 0 Å². The fourth-order valence-corrected chi connectivity index (χ4v) is 1.75. The lowest BCUT2D eigenvalue weighted by Crippen LogP contribution is -2.44. The Kier molecular flexibility index (Phi) is 3.98. The molecule has 0 bridgehead atoms. The molecule has 0 spiro atoms. The SMILES string of the molecule is COC(=O)C1C[C@@H](N)CN1C(=O)OC(C)(C)C. The van der Waals surface area contributed by atoms with Crippen molar-refractivity contribution in [1.29, 1.82) is 0 Å². The Morgan fingerprint density at radius 3 is 2.41 bits per heavy atom. The molecule has 1 aliphatic heterocycles. The van der Waals surface area contributed by atoms with Crippen LogP contribution in [0.4, 0.5) is 4.79 Å². The van der Waals surface area contributed by atoms with E-state index in [2.05, 4.69) is 4.74 Å². The normalized spacial score (nSPS) is 24.6. The van der Waals surface area contributed by atoms with Crippen LogP contribution in [0.15, 0.2) is 0 Å². The Bertz CT molecular complexity index is 311. The van der Waals surface area contributed by atoms with E-state index in [0.29, 0.717) is 13.0 Å². The number of rotatable bonds is 1. The van der Waals surface area contributed by atoms with E-state index in [-0.39, 0.29) is 6.04 Å². The van der Waals surface area contributed by atoms with Crippen LogP contribution in [0.2, 0.25) is 0 Å². The lowest BCUT2D eigenvalue weighted by Gasteiger charge is -2.27. The topological polar surface area (TPSA) is 81.9 Å². The van der Waals surface area contributed by atoms with Crippen molar-refractivity contribution in [3.63, 3.8) is 0 Å². The molecule has 0 aromatic heterocycles. The average Bonchev–Trinajstić information content (AvgIpc) is 2.56. The summed E-state index contributed by atoms with van der Waals surface area (Å²) >= 11 is 0. The van der Waals surface area contributed by atoms with E-state index < -0.39 is 23.7 Å². The molecule has 1 heterocycles. The van der Waals surface area contributed by atoms with Crippen molar-refractivity contribution in [2.45, 2.75) is 44.9 Å². The second-order valence-electron chi connectivity index (χ2n) is 5.17. The quantitative estimate of drug-likeness (QED) is 0.679. The van der Waals surface area contributed by atoms with E-state index in [9.17, 15) is 9.59 Å². The summed E-state index contributed by atoms with van der Waals surface area (Å²) in [4.78, 5) is 24.7. The zero-order chi connectivity index (χ0) is 13.2. The van der Waals surface area contributed by atoms with Gasteiger partial charge >= 0.3 is 12.1 Å². The van der Waals surface area contributed by atoms with Gasteiger partial charge in [-0.05, 0) is 27.2 Å². The third-order valence-electron chi connectivity index (χ3n) is 2.43. The van der Waals surface area contributed by atoms with E-state index in [1.807, 2.05) is 0 Å². The van der Waals surface area contributed by atoms with Crippen molar-refractivity contribution in [1.82, 2.24) is 4.90 Å². The molecule has 98 valence electrons. The monoisotopic (exact) mass is 244 g/mol. The van der Waals surface area contributed by atoms with Crippen molar-refractivity contribution in [3.05, 3.63) is 0 Å². The largest absolute Gasteiger partial charge is 0.467 e. The van der Waals surface area contributed by atoms with E-state index >= 15 is 0 Å². The van der Waals surface area contributed by atoms with Gasteiger partial charge < -0.3 is 15.2 Å². The second kappa shape index (κ2) is 4.91.